The number of unbranched alkanes of at least 4 members (excludes halogenated alkanes) is 2. The van der Waals surface area contributed by atoms with Crippen molar-refractivity contribution in [1.82, 2.24) is 0 Å². The van der Waals surface area contributed by atoms with Crippen molar-refractivity contribution in [2.24, 2.45) is 0 Å². The van der Waals surface area contributed by atoms with E-state index in [1.165, 1.54) is 19.3 Å². The van der Waals surface area contributed by atoms with Crippen LogP contribution in [0.4, 0.5) is 4.39 Å². The maximum Gasteiger partial charge on any atom is 0.211 e. The van der Waals surface area contributed by atoms with Crippen LogP contribution in [0.5, 0.6) is 0 Å². The first kappa shape index (κ1) is 11.2. The van der Waals surface area contributed by atoms with Gasteiger partial charge in [0.15, 0.2) is 0 Å². The van der Waals surface area contributed by atoms with Crippen LogP contribution < -0.4 is 0 Å². The molecule has 2 atom stereocenters. The first-order valence-electron chi connectivity index (χ1n) is 5.60. The third-order valence-electron chi connectivity index (χ3n) is 2.70. The van der Waals surface area contributed by atoms with E-state index in [0.29, 0.717) is 0 Å². The number of alkyl halides is 1. The summed E-state index contributed by atoms with van der Waals surface area (Å²) in [4.78, 5) is 0. The van der Waals surface area contributed by atoms with Crippen LogP contribution in [0.15, 0.2) is 0 Å². The summed E-state index contributed by atoms with van der Waals surface area (Å²) in [6.07, 6.45) is 6.49. The van der Waals surface area contributed by atoms with E-state index >= 15 is 0 Å². The van der Waals surface area contributed by atoms with Crippen LogP contribution in [0.1, 0.15) is 45.4 Å². The molecule has 0 aromatic rings. The fourth-order valence-electron chi connectivity index (χ4n) is 1.83. The van der Waals surface area contributed by atoms with Crippen LogP contribution >= 0.6 is 0 Å². The Kier molecular flexibility index (Phi) is 5.63. The fraction of sp³-hybridized carbons (Fsp3) is 1.00. The first-order chi connectivity index (χ1) is 6.34. The summed E-state index contributed by atoms with van der Waals surface area (Å²) in [5.41, 5.74) is 0. The molecule has 3 heteroatoms. The minimum atomic E-state index is -1.43. The summed E-state index contributed by atoms with van der Waals surface area (Å²) in [5.74, 6) is -0.577. The molecule has 1 nitrogen and oxygen atoms in total. The van der Waals surface area contributed by atoms with Gasteiger partial charge in [0.25, 0.3) is 0 Å². The van der Waals surface area contributed by atoms with Crippen molar-refractivity contribution < 1.29 is 8.82 Å². The van der Waals surface area contributed by atoms with Gasteiger partial charge in [-0.2, -0.15) is 0 Å². The summed E-state index contributed by atoms with van der Waals surface area (Å²) in [5, 5.41) is 0. The van der Waals surface area contributed by atoms with Crippen molar-refractivity contribution in [3.8, 4) is 0 Å². The van der Waals surface area contributed by atoms with E-state index in [2.05, 4.69) is 6.92 Å². The standard InChI is InChI=1S/C10H21FOSi/c1-2-3-4-7-10(11)13-9-6-5-8-12-13/h10,13H,2-9H2,1H3. The number of rotatable bonds is 5. The van der Waals surface area contributed by atoms with Gasteiger partial charge in [0, 0.05) is 6.61 Å². The fourth-order valence-corrected chi connectivity index (χ4v) is 4.33. The van der Waals surface area contributed by atoms with E-state index in [4.69, 9.17) is 4.43 Å². The molecule has 0 bridgehead atoms. The van der Waals surface area contributed by atoms with Gasteiger partial charge in [-0.3, -0.25) is 0 Å². The number of hydrogen-bond donors (Lipinski definition) is 0. The van der Waals surface area contributed by atoms with Gasteiger partial charge < -0.3 is 4.43 Å². The molecule has 1 fully saturated rings. The van der Waals surface area contributed by atoms with Crippen molar-refractivity contribution in [3.63, 3.8) is 0 Å². The molecular weight excluding hydrogens is 183 g/mol. The predicted octanol–water partition coefficient (Wildman–Crippen LogP) is 2.98. The summed E-state index contributed by atoms with van der Waals surface area (Å²) in [7, 11) is -1.43. The van der Waals surface area contributed by atoms with Crippen LogP contribution in [0.3, 0.4) is 0 Å². The minimum Gasteiger partial charge on any atom is -0.417 e. The van der Waals surface area contributed by atoms with Gasteiger partial charge in [-0.1, -0.05) is 32.6 Å². The van der Waals surface area contributed by atoms with Crippen LogP contribution in [0.25, 0.3) is 0 Å². The summed E-state index contributed by atoms with van der Waals surface area (Å²) >= 11 is 0. The Bertz CT molecular complexity index is 126. The zero-order chi connectivity index (χ0) is 9.52. The third-order valence-corrected chi connectivity index (χ3v) is 5.48. The molecule has 0 saturated carbocycles. The SMILES string of the molecule is CCCCCC(F)[SiH]1CCCCO1. The molecule has 0 amide bonds. The number of halogens is 1. The molecule has 1 rings (SSSR count). The Morgan fingerprint density at radius 2 is 2.23 bits per heavy atom. The van der Waals surface area contributed by atoms with E-state index in [1.807, 2.05) is 0 Å². The van der Waals surface area contributed by atoms with Crippen LogP contribution in [0, 0.1) is 0 Å². The van der Waals surface area contributed by atoms with Crippen LogP contribution in [-0.4, -0.2) is 21.4 Å². The highest BCUT2D eigenvalue weighted by Crippen LogP contribution is 2.19. The van der Waals surface area contributed by atoms with Crippen molar-refractivity contribution >= 4 is 9.04 Å². The maximum atomic E-state index is 13.5. The van der Waals surface area contributed by atoms with Gasteiger partial charge in [-0.25, -0.2) is 4.39 Å². The Morgan fingerprint density at radius 3 is 2.85 bits per heavy atom. The lowest BCUT2D eigenvalue weighted by Crippen LogP contribution is -2.34. The molecule has 13 heavy (non-hydrogen) atoms. The van der Waals surface area contributed by atoms with Gasteiger partial charge in [0.1, 0.15) is 5.79 Å². The van der Waals surface area contributed by atoms with Gasteiger partial charge in [0.2, 0.25) is 9.04 Å². The molecule has 1 heterocycles. The van der Waals surface area contributed by atoms with Gasteiger partial charge >= 0.3 is 0 Å². The molecule has 2 unspecified atom stereocenters. The first-order valence-corrected chi connectivity index (χ1v) is 7.55. The quantitative estimate of drug-likeness (QED) is 0.494. The molecule has 0 N–H and O–H groups in total. The summed E-state index contributed by atoms with van der Waals surface area (Å²) in [6, 6.07) is 1.06. The average molecular weight is 204 g/mol. The molecular formula is C10H21FOSi. The molecule has 0 aromatic carbocycles. The minimum absolute atomic E-state index is 0.577. The molecule has 78 valence electrons. The van der Waals surface area contributed by atoms with Crippen LogP contribution in [-0.2, 0) is 4.43 Å². The highest BCUT2D eigenvalue weighted by molar-refractivity contribution is 6.53. The van der Waals surface area contributed by atoms with E-state index < -0.39 is 14.8 Å². The Labute approximate surface area is 82.4 Å². The third kappa shape index (κ3) is 4.23. The van der Waals surface area contributed by atoms with Gasteiger partial charge in [0.05, 0.1) is 0 Å². The maximum absolute atomic E-state index is 13.5. The molecule has 0 spiro atoms. The lowest BCUT2D eigenvalue weighted by Gasteiger charge is -2.23. The lowest BCUT2D eigenvalue weighted by molar-refractivity contribution is 0.248. The molecule has 1 aliphatic heterocycles. The van der Waals surface area contributed by atoms with Gasteiger partial charge in [-0.05, 0) is 18.9 Å². The Morgan fingerprint density at radius 1 is 1.38 bits per heavy atom. The lowest BCUT2D eigenvalue weighted by atomic mass is 10.2. The van der Waals surface area contributed by atoms with Crippen molar-refractivity contribution in [3.05, 3.63) is 0 Å². The second kappa shape index (κ2) is 6.54. The van der Waals surface area contributed by atoms with E-state index in [0.717, 1.165) is 31.9 Å². The molecule has 1 aliphatic rings. The average Bonchev–Trinajstić information content (AvgIpc) is 2.19. The highest BCUT2D eigenvalue weighted by atomic mass is 28.3. The summed E-state index contributed by atoms with van der Waals surface area (Å²) in [6.45, 7) is 2.98. The topological polar surface area (TPSA) is 9.23 Å². The second-order valence-electron chi connectivity index (χ2n) is 3.92. The molecule has 0 aromatic heterocycles. The Hall–Kier alpha value is 0.107. The zero-order valence-corrected chi connectivity index (χ0v) is 9.75. The molecule has 1 saturated heterocycles. The highest BCUT2D eigenvalue weighted by Gasteiger charge is 2.25. The Balaban J connectivity index is 2.09. The molecule has 0 radical (unpaired) electrons. The second-order valence-corrected chi connectivity index (χ2v) is 6.63. The number of hydrogen-bond acceptors (Lipinski definition) is 1. The van der Waals surface area contributed by atoms with Crippen molar-refractivity contribution in [1.29, 1.82) is 0 Å². The van der Waals surface area contributed by atoms with Crippen molar-refractivity contribution in [2.45, 2.75) is 57.3 Å². The molecule has 0 aliphatic carbocycles. The predicted molar refractivity (Wildman–Crippen MR) is 56.2 cm³/mol. The van der Waals surface area contributed by atoms with E-state index in [1.54, 1.807) is 0 Å². The van der Waals surface area contributed by atoms with E-state index in [-0.39, 0.29) is 0 Å². The monoisotopic (exact) mass is 204 g/mol. The van der Waals surface area contributed by atoms with Gasteiger partial charge in [-0.15, -0.1) is 0 Å². The largest absolute Gasteiger partial charge is 0.417 e. The van der Waals surface area contributed by atoms with Crippen LogP contribution in [0.2, 0.25) is 6.04 Å². The summed E-state index contributed by atoms with van der Waals surface area (Å²) < 4.78 is 19.1. The van der Waals surface area contributed by atoms with E-state index in [9.17, 15) is 4.39 Å². The smallest absolute Gasteiger partial charge is 0.211 e. The zero-order valence-electron chi connectivity index (χ0n) is 8.60. The normalized spacial score (nSPS) is 25.8. The van der Waals surface area contributed by atoms with Crippen molar-refractivity contribution in [2.75, 3.05) is 6.61 Å².